The number of piperazine rings is 1. The summed E-state index contributed by atoms with van der Waals surface area (Å²) >= 11 is 1.78. The Balaban J connectivity index is 1.46. The minimum absolute atomic E-state index is 0.0767. The van der Waals surface area contributed by atoms with Gasteiger partial charge in [0.25, 0.3) is 5.91 Å². The summed E-state index contributed by atoms with van der Waals surface area (Å²) in [6.07, 6.45) is 0. The van der Waals surface area contributed by atoms with E-state index in [1.165, 1.54) is 4.88 Å². The highest BCUT2D eigenvalue weighted by molar-refractivity contribution is 7.09. The molecule has 3 amide bonds. The third-order valence-corrected chi connectivity index (χ3v) is 5.55. The monoisotopic (exact) mass is 400 g/mol. The molecule has 0 unspecified atom stereocenters. The quantitative estimate of drug-likeness (QED) is 0.784. The van der Waals surface area contributed by atoms with Crippen LogP contribution in [0.2, 0.25) is 0 Å². The van der Waals surface area contributed by atoms with Crippen LogP contribution in [0.3, 0.4) is 0 Å². The number of nitrogens with zero attached hydrogens (tertiary/aromatic N) is 2. The van der Waals surface area contributed by atoms with Gasteiger partial charge in [-0.05, 0) is 43.0 Å². The average Bonchev–Trinajstić information content (AvgIpc) is 3.19. The number of thiophene rings is 1. The van der Waals surface area contributed by atoms with Gasteiger partial charge in [-0.3, -0.25) is 9.69 Å². The van der Waals surface area contributed by atoms with Crippen molar-refractivity contribution in [2.45, 2.75) is 33.0 Å². The lowest BCUT2D eigenvalue weighted by Crippen LogP contribution is -2.48. The van der Waals surface area contributed by atoms with Crippen molar-refractivity contribution in [1.82, 2.24) is 20.4 Å². The molecule has 0 spiro atoms. The topological polar surface area (TPSA) is 64.7 Å². The Bertz CT molecular complexity index is 766. The van der Waals surface area contributed by atoms with E-state index in [1.54, 1.807) is 11.3 Å². The predicted molar refractivity (Wildman–Crippen MR) is 112 cm³/mol. The maximum Gasteiger partial charge on any atom is 0.315 e. The van der Waals surface area contributed by atoms with Gasteiger partial charge in [0.05, 0.1) is 0 Å². The van der Waals surface area contributed by atoms with Crippen molar-refractivity contribution >= 4 is 23.3 Å². The molecule has 1 aromatic heterocycles. The standard InChI is InChI=1S/C21H28N4O2S/c1-16(2)23-21(27)22-14-17-5-7-18(8-6-17)20(26)25-11-9-24(10-12-25)15-19-4-3-13-28-19/h3-8,13,16H,9-12,14-15H2,1-2H3,(H2,22,23,27). The summed E-state index contributed by atoms with van der Waals surface area (Å²) in [5.41, 5.74) is 1.67. The van der Waals surface area contributed by atoms with Crippen LogP contribution < -0.4 is 10.6 Å². The van der Waals surface area contributed by atoms with E-state index in [0.29, 0.717) is 12.1 Å². The van der Waals surface area contributed by atoms with Crippen LogP contribution in [0.25, 0.3) is 0 Å². The molecular weight excluding hydrogens is 372 g/mol. The number of hydrogen-bond donors (Lipinski definition) is 2. The van der Waals surface area contributed by atoms with Gasteiger partial charge in [-0.2, -0.15) is 0 Å². The largest absolute Gasteiger partial charge is 0.336 e. The van der Waals surface area contributed by atoms with E-state index in [1.807, 2.05) is 43.0 Å². The first-order valence-corrected chi connectivity index (χ1v) is 10.6. The maximum absolute atomic E-state index is 12.8. The lowest BCUT2D eigenvalue weighted by Gasteiger charge is -2.34. The van der Waals surface area contributed by atoms with Gasteiger partial charge in [0.1, 0.15) is 0 Å². The van der Waals surface area contributed by atoms with Crippen LogP contribution in [0.1, 0.15) is 34.6 Å². The second-order valence-electron chi connectivity index (χ2n) is 7.33. The summed E-state index contributed by atoms with van der Waals surface area (Å²) < 4.78 is 0. The number of hydrogen-bond acceptors (Lipinski definition) is 4. The first kappa shape index (κ1) is 20.4. The minimum atomic E-state index is -0.185. The van der Waals surface area contributed by atoms with Crippen molar-refractivity contribution in [3.8, 4) is 0 Å². The van der Waals surface area contributed by atoms with Crippen molar-refractivity contribution < 1.29 is 9.59 Å². The highest BCUT2D eigenvalue weighted by Crippen LogP contribution is 2.15. The summed E-state index contributed by atoms with van der Waals surface area (Å²) in [6.45, 7) is 8.54. The number of nitrogens with one attached hydrogen (secondary N) is 2. The summed E-state index contributed by atoms with van der Waals surface area (Å²) in [5.74, 6) is 0.0767. The van der Waals surface area contributed by atoms with Crippen LogP contribution >= 0.6 is 11.3 Å². The van der Waals surface area contributed by atoms with E-state index in [2.05, 4.69) is 33.0 Å². The minimum Gasteiger partial charge on any atom is -0.336 e. The zero-order valence-corrected chi connectivity index (χ0v) is 17.3. The molecule has 7 heteroatoms. The fraction of sp³-hybridized carbons (Fsp3) is 0.429. The number of benzene rings is 1. The Kier molecular flexibility index (Phi) is 7.06. The lowest BCUT2D eigenvalue weighted by atomic mass is 10.1. The molecule has 2 heterocycles. The van der Waals surface area contributed by atoms with Crippen molar-refractivity contribution in [1.29, 1.82) is 0 Å². The number of urea groups is 1. The Labute approximate surface area is 170 Å². The van der Waals surface area contributed by atoms with E-state index in [4.69, 9.17) is 0 Å². The van der Waals surface area contributed by atoms with E-state index >= 15 is 0 Å². The molecule has 6 nitrogen and oxygen atoms in total. The van der Waals surface area contributed by atoms with Crippen molar-refractivity contribution in [2.24, 2.45) is 0 Å². The highest BCUT2D eigenvalue weighted by atomic mass is 32.1. The third kappa shape index (κ3) is 5.81. The molecule has 0 radical (unpaired) electrons. The number of carbonyl (C=O) groups is 2. The normalized spacial score (nSPS) is 14.9. The molecule has 0 saturated carbocycles. The first-order chi connectivity index (χ1) is 13.5. The van der Waals surface area contributed by atoms with Gasteiger partial charge < -0.3 is 15.5 Å². The summed E-state index contributed by atoms with van der Waals surface area (Å²) in [7, 11) is 0. The molecule has 1 aliphatic heterocycles. The zero-order valence-electron chi connectivity index (χ0n) is 16.5. The number of amides is 3. The molecule has 2 aromatic rings. The average molecular weight is 401 g/mol. The molecule has 0 atom stereocenters. The molecule has 1 saturated heterocycles. The predicted octanol–water partition coefficient (Wildman–Crippen LogP) is 2.91. The molecule has 28 heavy (non-hydrogen) atoms. The maximum atomic E-state index is 12.8. The molecule has 0 aliphatic carbocycles. The Morgan fingerprint density at radius 1 is 1.07 bits per heavy atom. The van der Waals surface area contributed by atoms with Gasteiger partial charge in [-0.25, -0.2) is 4.79 Å². The van der Waals surface area contributed by atoms with Crippen LogP contribution in [-0.4, -0.2) is 54.0 Å². The molecule has 1 aliphatic rings. The smallest absolute Gasteiger partial charge is 0.315 e. The molecular formula is C21H28N4O2S. The first-order valence-electron chi connectivity index (χ1n) is 9.68. The third-order valence-electron chi connectivity index (χ3n) is 4.69. The van der Waals surface area contributed by atoms with Gasteiger partial charge in [0, 0.05) is 55.8 Å². The van der Waals surface area contributed by atoms with Gasteiger partial charge in [-0.15, -0.1) is 11.3 Å². The molecule has 1 fully saturated rings. The van der Waals surface area contributed by atoms with Gasteiger partial charge in [0.2, 0.25) is 0 Å². The van der Waals surface area contributed by atoms with E-state index < -0.39 is 0 Å². The second-order valence-corrected chi connectivity index (χ2v) is 8.36. The van der Waals surface area contributed by atoms with Crippen LogP contribution in [0.15, 0.2) is 41.8 Å². The molecule has 0 bridgehead atoms. The van der Waals surface area contributed by atoms with Crippen molar-refractivity contribution in [2.75, 3.05) is 26.2 Å². The highest BCUT2D eigenvalue weighted by Gasteiger charge is 2.22. The second kappa shape index (κ2) is 9.71. The van der Waals surface area contributed by atoms with Crippen LogP contribution in [0, 0.1) is 0 Å². The summed E-state index contributed by atoms with van der Waals surface area (Å²) in [6, 6.07) is 11.6. The van der Waals surface area contributed by atoms with E-state index in [-0.39, 0.29) is 18.0 Å². The van der Waals surface area contributed by atoms with Gasteiger partial charge in [0.15, 0.2) is 0 Å². The molecule has 3 rings (SSSR count). The van der Waals surface area contributed by atoms with Gasteiger partial charge in [-0.1, -0.05) is 18.2 Å². The number of rotatable bonds is 6. The Hall–Kier alpha value is -2.38. The van der Waals surface area contributed by atoms with Crippen molar-refractivity contribution in [3.05, 3.63) is 57.8 Å². The molecule has 2 N–H and O–H groups in total. The van der Waals surface area contributed by atoms with Crippen LogP contribution in [0.5, 0.6) is 0 Å². The lowest BCUT2D eigenvalue weighted by molar-refractivity contribution is 0.0629. The van der Waals surface area contributed by atoms with E-state index in [0.717, 1.165) is 38.3 Å². The Morgan fingerprint density at radius 2 is 1.79 bits per heavy atom. The summed E-state index contributed by atoms with van der Waals surface area (Å²) in [4.78, 5) is 30.1. The Morgan fingerprint density at radius 3 is 2.39 bits per heavy atom. The fourth-order valence-corrected chi connectivity index (χ4v) is 3.92. The SMILES string of the molecule is CC(C)NC(=O)NCc1ccc(C(=O)N2CCN(Cc3cccs3)CC2)cc1. The summed E-state index contributed by atoms with van der Waals surface area (Å²) in [5, 5.41) is 7.71. The van der Waals surface area contributed by atoms with Crippen molar-refractivity contribution in [3.63, 3.8) is 0 Å². The molecule has 1 aromatic carbocycles. The zero-order chi connectivity index (χ0) is 19.9. The van der Waals surface area contributed by atoms with Gasteiger partial charge >= 0.3 is 6.03 Å². The molecule has 150 valence electrons. The fourth-order valence-electron chi connectivity index (χ4n) is 3.18. The van der Waals surface area contributed by atoms with Crippen LogP contribution in [-0.2, 0) is 13.1 Å². The van der Waals surface area contributed by atoms with Crippen LogP contribution in [0.4, 0.5) is 4.79 Å². The number of carbonyl (C=O) groups excluding carboxylic acids is 2. The van der Waals surface area contributed by atoms with E-state index in [9.17, 15) is 9.59 Å².